The maximum atomic E-state index is 15.1. The lowest BCUT2D eigenvalue weighted by Gasteiger charge is -2.45. The summed E-state index contributed by atoms with van der Waals surface area (Å²) in [5, 5.41) is 1.06. The number of piperidine rings is 1. The number of nitrogens with zero attached hydrogens (tertiary/aromatic N) is 4. The van der Waals surface area contributed by atoms with E-state index in [1.54, 1.807) is 13.2 Å². The largest absolute Gasteiger partial charge is 0.497 e. The molecule has 8 rings (SSSR count). The van der Waals surface area contributed by atoms with Crippen LogP contribution in [0.5, 0.6) is 5.75 Å². The first-order valence-electron chi connectivity index (χ1n) is 21.0. The number of methoxy groups -OCH3 is 1. The zero-order valence-electron chi connectivity index (χ0n) is 34.3. The van der Waals surface area contributed by atoms with Crippen LogP contribution in [-0.4, -0.2) is 84.3 Å². The van der Waals surface area contributed by atoms with Crippen LogP contribution in [0.1, 0.15) is 111 Å². The Bertz CT molecular complexity index is 2230. The summed E-state index contributed by atoms with van der Waals surface area (Å²) in [6, 6.07) is 23.2. The minimum absolute atomic E-state index is 0.173. The van der Waals surface area contributed by atoms with Gasteiger partial charge in [-0.1, -0.05) is 55.7 Å². The van der Waals surface area contributed by atoms with Gasteiger partial charge < -0.3 is 14.2 Å². The van der Waals surface area contributed by atoms with E-state index in [1.807, 2.05) is 18.2 Å². The monoisotopic (exact) mass is 793 g/mol. The lowest BCUT2D eigenvalue weighted by atomic mass is 9.81. The number of aromatic nitrogens is 1. The van der Waals surface area contributed by atoms with Crippen LogP contribution in [0.4, 0.5) is 0 Å². The van der Waals surface area contributed by atoms with E-state index in [2.05, 4.69) is 89.4 Å². The number of carbonyl (C=O) groups is 2. The topological polar surface area (TPSA) is 104 Å². The molecular weight excluding hydrogens is 735 g/mol. The number of carbonyl (C=O) groups excluding carboxylic acids is 2. The number of fused-ring (bicyclic) bond motifs is 3. The summed E-state index contributed by atoms with van der Waals surface area (Å²) >= 11 is 0. The highest BCUT2D eigenvalue weighted by Gasteiger charge is 2.48. The van der Waals surface area contributed by atoms with Crippen LogP contribution >= 0.6 is 0 Å². The second-order valence-electron chi connectivity index (χ2n) is 17.8. The average Bonchev–Trinajstić information content (AvgIpc) is 3.61. The van der Waals surface area contributed by atoms with E-state index in [9.17, 15) is 13.2 Å². The van der Waals surface area contributed by atoms with Crippen molar-refractivity contribution in [1.29, 1.82) is 0 Å². The number of nitrogens with one attached hydrogen (secondary N) is 1. The molecule has 3 aliphatic heterocycles. The van der Waals surface area contributed by atoms with E-state index in [0.717, 1.165) is 97.8 Å². The molecule has 3 saturated heterocycles. The quantitative estimate of drug-likeness (QED) is 0.156. The fourth-order valence-corrected chi connectivity index (χ4v) is 11.4. The number of amides is 2. The van der Waals surface area contributed by atoms with Gasteiger partial charge in [-0.25, -0.2) is 4.72 Å². The van der Waals surface area contributed by atoms with Crippen LogP contribution in [-0.2, 0) is 28.1 Å². The Labute approximate surface area is 338 Å². The van der Waals surface area contributed by atoms with Gasteiger partial charge in [-0.2, -0.15) is 12.7 Å². The van der Waals surface area contributed by atoms with Gasteiger partial charge in [-0.05, 0) is 126 Å². The summed E-state index contributed by atoms with van der Waals surface area (Å²) in [5.41, 5.74) is 6.12. The first kappa shape index (κ1) is 39.6. The van der Waals surface area contributed by atoms with Gasteiger partial charge in [0, 0.05) is 66.3 Å². The van der Waals surface area contributed by atoms with Gasteiger partial charge in [-0.3, -0.25) is 14.5 Å². The summed E-state index contributed by atoms with van der Waals surface area (Å²) < 4.78 is 37.6. The molecule has 11 heteroatoms. The van der Waals surface area contributed by atoms with Crippen LogP contribution < -0.4 is 9.46 Å². The zero-order chi connectivity index (χ0) is 40.1. The van der Waals surface area contributed by atoms with Gasteiger partial charge in [0.25, 0.3) is 5.91 Å². The Balaban J connectivity index is 1.18. The van der Waals surface area contributed by atoms with Crippen molar-refractivity contribution < 1.29 is 22.7 Å². The summed E-state index contributed by atoms with van der Waals surface area (Å²) in [4.78, 5) is 33.5. The molecule has 2 unspecified atom stereocenters. The van der Waals surface area contributed by atoms with E-state index < -0.39 is 21.5 Å². The molecule has 0 radical (unpaired) electrons. The fourth-order valence-electron chi connectivity index (χ4n) is 10.2. The second kappa shape index (κ2) is 15.9. The number of rotatable bonds is 12. The van der Waals surface area contributed by atoms with Crippen LogP contribution in [0.2, 0.25) is 0 Å². The van der Waals surface area contributed by atoms with E-state index in [0.29, 0.717) is 31.6 Å². The second-order valence-corrected chi connectivity index (χ2v) is 19.5. The number of hydrogen-bond donors (Lipinski definition) is 1. The Morgan fingerprint density at radius 3 is 2.23 bits per heavy atom. The molecule has 4 heterocycles. The van der Waals surface area contributed by atoms with Gasteiger partial charge in [0.2, 0.25) is 5.91 Å². The van der Waals surface area contributed by atoms with Crippen molar-refractivity contribution >= 4 is 32.9 Å². The first-order valence-corrected chi connectivity index (χ1v) is 22.5. The Morgan fingerprint density at radius 1 is 0.895 bits per heavy atom. The van der Waals surface area contributed by atoms with Crippen molar-refractivity contribution in [2.24, 2.45) is 5.41 Å². The molecule has 1 saturated carbocycles. The van der Waals surface area contributed by atoms with Crippen molar-refractivity contribution in [3.63, 3.8) is 0 Å². The molecule has 0 spiro atoms. The third-order valence-corrected chi connectivity index (χ3v) is 14.9. The summed E-state index contributed by atoms with van der Waals surface area (Å²) in [6.45, 7) is 8.38. The van der Waals surface area contributed by atoms with Crippen LogP contribution in [0.15, 0.2) is 66.7 Å². The maximum Gasteiger partial charge on any atom is 0.304 e. The van der Waals surface area contributed by atoms with Crippen molar-refractivity contribution in [3.05, 3.63) is 89.0 Å². The van der Waals surface area contributed by atoms with Crippen molar-refractivity contribution in [3.8, 4) is 17.0 Å². The molecule has 2 atom stereocenters. The molecular formula is C46H59N5O5S. The Hall–Kier alpha value is -4.19. The number of hydrogen-bond acceptors (Lipinski definition) is 6. The smallest absolute Gasteiger partial charge is 0.304 e. The molecule has 1 aromatic heterocycles. The Morgan fingerprint density at radius 2 is 1.60 bits per heavy atom. The highest BCUT2D eigenvalue weighted by atomic mass is 32.2. The van der Waals surface area contributed by atoms with E-state index in [4.69, 9.17) is 4.74 Å². The molecule has 4 fully saturated rings. The Kier molecular flexibility index (Phi) is 11.0. The highest BCUT2D eigenvalue weighted by molar-refractivity contribution is 7.87. The van der Waals surface area contributed by atoms with E-state index >= 15 is 4.79 Å². The number of ether oxygens (including phenoxy) is 1. The predicted octanol–water partition coefficient (Wildman–Crippen LogP) is 8.03. The van der Waals surface area contributed by atoms with Gasteiger partial charge in [0.1, 0.15) is 5.75 Å². The number of aryl methyl sites for hydroxylation is 1. The standard InChI is InChI=1S/C46H59N5O5S/c1-31-25-38(56-5)20-22-39(31)43-42(33-15-10-7-11-16-33)40-21-17-34(44(52)47-57(54,55)49-23-12-24-49)26-41(40)50(43)30-46(2,3)45(53)51-35-18-19-36(51)28-37(27-35)48(4)29-32-13-8-6-9-14-32/h6,8-9,13-14,17,20-22,25-26,33,35-37H,7,10-12,15-16,18-19,23-24,27-30H2,1-5H3,(H,47,52). The van der Waals surface area contributed by atoms with Gasteiger partial charge >= 0.3 is 10.2 Å². The molecule has 4 aromatic rings. The molecule has 1 aliphatic carbocycles. The molecule has 304 valence electrons. The maximum absolute atomic E-state index is 15.1. The van der Waals surface area contributed by atoms with Crippen molar-refractivity contribution in [2.75, 3.05) is 27.2 Å². The third kappa shape index (κ3) is 7.75. The lowest BCUT2D eigenvalue weighted by Crippen LogP contribution is -2.55. The third-order valence-electron chi connectivity index (χ3n) is 13.4. The normalized spacial score (nSPS) is 21.9. The van der Waals surface area contributed by atoms with Gasteiger partial charge in [0.15, 0.2) is 0 Å². The molecule has 2 amide bonds. The van der Waals surface area contributed by atoms with Crippen LogP contribution in [0, 0.1) is 12.3 Å². The molecule has 2 bridgehead atoms. The SMILES string of the molecule is COc1ccc(-c2c(C3CCCCC3)c3ccc(C(=O)NS(=O)(=O)N4CCC4)cc3n2CC(C)(C)C(=O)N2C3CCC2CC(N(C)Cc2ccccc2)C3)c(C)c1. The summed E-state index contributed by atoms with van der Waals surface area (Å²) in [7, 11) is -0.0312. The van der Waals surface area contributed by atoms with Gasteiger partial charge in [-0.15, -0.1) is 0 Å². The average molecular weight is 794 g/mol. The van der Waals surface area contributed by atoms with Crippen LogP contribution in [0.25, 0.3) is 22.2 Å². The molecule has 4 aliphatic rings. The molecule has 10 nitrogen and oxygen atoms in total. The van der Waals surface area contributed by atoms with Crippen molar-refractivity contribution in [2.45, 2.75) is 122 Å². The van der Waals surface area contributed by atoms with Gasteiger partial charge in [0.05, 0.1) is 18.2 Å². The van der Waals surface area contributed by atoms with E-state index in [-0.39, 0.29) is 23.6 Å². The van der Waals surface area contributed by atoms with Crippen LogP contribution in [0.3, 0.4) is 0 Å². The molecule has 57 heavy (non-hydrogen) atoms. The predicted molar refractivity (Wildman–Crippen MR) is 225 cm³/mol. The lowest BCUT2D eigenvalue weighted by molar-refractivity contribution is -0.146. The summed E-state index contributed by atoms with van der Waals surface area (Å²) in [5.74, 6) is 0.619. The first-order chi connectivity index (χ1) is 27.3. The highest BCUT2D eigenvalue weighted by Crippen LogP contribution is 2.47. The zero-order valence-corrected chi connectivity index (χ0v) is 35.1. The minimum Gasteiger partial charge on any atom is -0.497 e. The number of benzene rings is 3. The summed E-state index contributed by atoms with van der Waals surface area (Å²) in [6.07, 6.45) is 10.4. The fraction of sp³-hybridized carbons (Fsp3) is 0.522. The van der Waals surface area contributed by atoms with Crippen molar-refractivity contribution in [1.82, 2.24) is 23.4 Å². The van der Waals surface area contributed by atoms with E-state index in [1.165, 1.54) is 21.9 Å². The molecule has 3 aromatic carbocycles. The minimum atomic E-state index is -3.93. The molecule has 1 N–H and O–H groups in total.